The van der Waals surface area contributed by atoms with Gasteiger partial charge in [0.05, 0.1) is 17.4 Å². The van der Waals surface area contributed by atoms with Crippen LogP contribution in [0.15, 0.2) is 24.5 Å². The van der Waals surface area contributed by atoms with E-state index in [0.29, 0.717) is 0 Å². The zero-order chi connectivity index (χ0) is 11.0. The van der Waals surface area contributed by atoms with Crippen molar-refractivity contribution in [1.82, 2.24) is 9.38 Å². The summed E-state index contributed by atoms with van der Waals surface area (Å²) < 4.78 is 2.12. The molecule has 1 aliphatic heterocycles. The molecular formula is C12H15N3S. The zero-order valence-corrected chi connectivity index (χ0v) is 9.91. The number of aromatic nitrogens is 2. The van der Waals surface area contributed by atoms with E-state index in [1.807, 2.05) is 24.5 Å². The minimum atomic E-state index is 0.743. The topological polar surface area (TPSA) is 43.3 Å². The monoisotopic (exact) mass is 233 g/mol. The van der Waals surface area contributed by atoms with Crippen LogP contribution in [-0.4, -0.2) is 20.4 Å². The summed E-state index contributed by atoms with van der Waals surface area (Å²) in [6.07, 6.45) is 7.66. The lowest BCUT2D eigenvalue weighted by atomic mass is 10.2. The lowest BCUT2D eigenvalue weighted by Gasteiger charge is -2.07. The Morgan fingerprint density at radius 3 is 3.31 bits per heavy atom. The Morgan fingerprint density at radius 2 is 2.50 bits per heavy atom. The highest BCUT2D eigenvalue weighted by Gasteiger charge is 2.18. The van der Waals surface area contributed by atoms with Crippen LogP contribution in [0.25, 0.3) is 5.52 Å². The Labute approximate surface area is 99.1 Å². The molecule has 2 aromatic rings. The summed E-state index contributed by atoms with van der Waals surface area (Å²) in [7, 11) is 0. The van der Waals surface area contributed by atoms with Crippen molar-refractivity contribution >= 4 is 23.0 Å². The molecule has 1 saturated heterocycles. The molecule has 0 amide bonds. The lowest BCUT2D eigenvalue weighted by Crippen LogP contribution is -2.06. The van der Waals surface area contributed by atoms with E-state index >= 15 is 0 Å². The maximum Gasteiger partial charge on any atom is 0.114 e. The lowest BCUT2D eigenvalue weighted by molar-refractivity contribution is 0.743. The van der Waals surface area contributed by atoms with Crippen LogP contribution in [0.3, 0.4) is 0 Å². The Bertz CT molecular complexity index is 500. The van der Waals surface area contributed by atoms with Crippen LogP contribution in [0, 0.1) is 0 Å². The second kappa shape index (κ2) is 4.01. The molecule has 0 saturated carbocycles. The number of fused-ring (bicyclic) bond motifs is 1. The standard InChI is InChI=1S/C12H15N3S/c13-10-4-1-5-15-11(10)8-14-12(15)7-9-3-2-6-16-9/h1,4-5,8-9H,2-3,6-7,13H2. The number of hydrogen-bond donors (Lipinski definition) is 1. The molecule has 3 nitrogen and oxygen atoms in total. The second-order valence-corrected chi connectivity index (χ2v) is 5.64. The molecule has 84 valence electrons. The third-order valence-electron chi connectivity index (χ3n) is 3.11. The van der Waals surface area contributed by atoms with E-state index in [4.69, 9.17) is 5.73 Å². The van der Waals surface area contributed by atoms with Crippen LogP contribution in [0.1, 0.15) is 18.7 Å². The molecule has 16 heavy (non-hydrogen) atoms. The van der Waals surface area contributed by atoms with Gasteiger partial charge in [0.25, 0.3) is 0 Å². The quantitative estimate of drug-likeness (QED) is 0.866. The molecule has 0 radical (unpaired) electrons. The molecule has 2 N–H and O–H groups in total. The molecule has 1 fully saturated rings. The minimum Gasteiger partial charge on any atom is -0.397 e. The van der Waals surface area contributed by atoms with Gasteiger partial charge in [-0.3, -0.25) is 0 Å². The van der Waals surface area contributed by atoms with Gasteiger partial charge in [-0.15, -0.1) is 0 Å². The van der Waals surface area contributed by atoms with Crippen LogP contribution in [-0.2, 0) is 6.42 Å². The molecule has 0 aromatic carbocycles. The highest BCUT2D eigenvalue weighted by Crippen LogP contribution is 2.29. The van der Waals surface area contributed by atoms with E-state index in [9.17, 15) is 0 Å². The normalized spacial score (nSPS) is 20.6. The van der Waals surface area contributed by atoms with Crippen molar-refractivity contribution in [3.63, 3.8) is 0 Å². The average Bonchev–Trinajstić information content (AvgIpc) is 2.90. The minimum absolute atomic E-state index is 0.743. The van der Waals surface area contributed by atoms with Gasteiger partial charge < -0.3 is 10.1 Å². The molecule has 0 bridgehead atoms. The average molecular weight is 233 g/mol. The van der Waals surface area contributed by atoms with E-state index in [-0.39, 0.29) is 0 Å². The fourth-order valence-corrected chi connectivity index (χ4v) is 3.52. The predicted octanol–water partition coefficient (Wildman–Crippen LogP) is 2.35. The molecule has 1 atom stereocenters. The second-order valence-electron chi connectivity index (χ2n) is 4.23. The third-order valence-corrected chi connectivity index (χ3v) is 4.51. The van der Waals surface area contributed by atoms with Crippen LogP contribution >= 0.6 is 11.8 Å². The smallest absolute Gasteiger partial charge is 0.114 e. The van der Waals surface area contributed by atoms with Gasteiger partial charge in [-0.25, -0.2) is 4.98 Å². The number of hydrogen-bond acceptors (Lipinski definition) is 3. The summed E-state index contributed by atoms with van der Waals surface area (Å²) in [4.78, 5) is 4.49. The number of nitrogen functional groups attached to an aromatic ring is 1. The van der Waals surface area contributed by atoms with Gasteiger partial charge in [-0.1, -0.05) is 0 Å². The Hall–Kier alpha value is -1.16. The van der Waals surface area contributed by atoms with Crippen molar-refractivity contribution in [3.05, 3.63) is 30.4 Å². The molecule has 3 heterocycles. The van der Waals surface area contributed by atoms with E-state index in [1.165, 1.54) is 18.6 Å². The van der Waals surface area contributed by atoms with Crippen molar-refractivity contribution in [3.8, 4) is 0 Å². The largest absolute Gasteiger partial charge is 0.397 e. The fraction of sp³-hybridized carbons (Fsp3) is 0.417. The molecular weight excluding hydrogens is 218 g/mol. The Balaban J connectivity index is 1.94. The number of anilines is 1. The van der Waals surface area contributed by atoms with Crippen molar-refractivity contribution in [2.75, 3.05) is 11.5 Å². The third kappa shape index (κ3) is 1.67. The summed E-state index contributed by atoms with van der Waals surface area (Å²) in [5.74, 6) is 2.44. The van der Waals surface area contributed by atoms with Gasteiger partial charge in [0.1, 0.15) is 5.82 Å². The molecule has 4 heteroatoms. The molecule has 0 spiro atoms. The van der Waals surface area contributed by atoms with E-state index in [2.05, 4.69) is 21.1 Å². The Kier molecular flexibility index (Phi) is 2.52. The summed E-state index contributed by atoms with van der Waals surface area (Å²) in [6.45, 7) is 0. The molecule has 2 aromatic heterocycles. The van der Waals surface area contributed by atoms with Crippen molar-refractivity contribution < 1.29 is 0 Å². The number of nitrogens with two attached hydrogens (primary N) is 1. The SMILES string of the molecule is Nc1cccn2c(CC3CCCS3)ncc12. The number of thioether (sulfide) groups is 1. The van der Waals surface area contributed by atoms with Crippen LogP contribution < -0.4 is 5.73 Å². The van der Waals surface area contributed by atoms with Gasteiger partial charge in [-0.05, 0) is 30.7 Å². The number of rotatable bonds is 2. The fourth-order valence-electron chi connectivity index (χ4n) is 2.26. The van der Waals surface area contributed by atoms with Crippen molar-refractivity contribution in [2.24, 2.45) is 0 Å². The first-order valence-electron chi connectivity index (χ1n) is 5.66. The highest BCUT2D eigenvalue weighted by molar-refractivity contribution is 8.00. The van der Waals surface area contributed by atoms with E-state index in [0.717, 1.165) is 28.7 Å². The molecule has 3 rings (SSSR count). The van der Waals surface area contributed by atoms with Crippen LogP contribution in [0.5, 0.6) is 0 Å². The van der Waals surface area contributed by atoms with Crippen molar-refractivity contribution in [2.45, 2.75) is 24.5 Å². The van der Waals surface area contributed by atoms with E-state index < -0.39 is 0 Å². The van der Waals surface area contributed by atoms with Gasteiger partial charge in [0.2, 0.25) is 0 Å². The highest BCUT2D eigenvalue weighted by atomic mass is 32.2. The summed E-state index contributed by atoms with van der Waals surface area (Å²) >= 11 is 2.07. The Morgan fingerprint density at radius 1 is 1.56 bits per heavy atom. The van der Waals surface area contributed by atoms with Crippen LogP contribution in [0.4, 0.5) is 5.69 Å². The number of nitrogens with zero attached hydrogens (tertiary/aromatic N) is 2. The number of imidazole rings is 1. The van der Waals surface area contributed by atoms with Crippen molar-refractivity contribution in [1.29, 1.82) is 0 Å². The molecule has 0 aliphatic carbocycles. The van der Waals surface area contributed by atoms with Gasteiger partial charge >= 0.3 is 0 Å². The van der Waals surface area contributed by atoms with Gasteiger partial charge in [-0.2, -0.15) is 11.8 Å². The summed E-state index contributed by atoms with van der Waals surface area (Å²) in [5, 5.41) is 0.743. The first-order valence-corrected chi connectivity index (χ1v) is 6.71. The zero-order valence-electron chi connectivity index (χ0n) is 9.10. The first kappa shape index (κ1) is 10.0. The van der Waals surface area contributed by atoms with Gasteiger partial charge in [0, 0.05) is 17.9 Å². The number of pyridine rings is 1. The molecule has 1 aliphatic rings. The predicted molar refractivity (Wildman–Crippen MR) is 68.8 cm³/mol. The summed E-state index contributed by atoms with van der Waals surface area (Å²) in [6, 6.07) is 3.90. The van der Waals surface area contributed by atoms with E-state index in [1.54, 1.807) is 0 Å². The van der Waals surface area contributed by atoms with Crippen LogP contribution in [0.2, 0.25) is 0 Å². The van der Waals surface area contributed by atoms with Gasteiger partial charge in [0.15, 0.2) is 0 Å². The summed E-state index contributed by atoms with van der Waals surface area (Å²) in [5.41, 5.74) is 7.75. The first-order chi connectivity index (χ1) is 7.84. The maximum atomic E-state index is 5.91. The molecule has 1 unspecified atom stereocenters. The maximum absolute atomic E-state index is 5.91.